The summed E-state index contributed by atoms with van der Waals surface area (Å²) in [4.78, 5) is 46.8. The number of likely N-dealkylation sites (N-methyl/N-ethyl adjacent to an activating group) is 1. The second-order valence-corrected chi connectivity index (χ2v) is 4.77. The molecule has 0 bridgehead atoms. The summed E-state index contributed by atoms with van der Waals surface area (Å²) in [6.45, 7) is 2.71. The lowest BCUT2D eigenvalue weighted by atomic mass is 9.98. The predicted octanol–water partition coefficient (Wildman–Crippen LogP) is -1.55. The van der Waals surface area contributed by atoms with E-state index in [0.717, 1.165) is 0 Å². The van der Waals surface area contributed by atoms with Gasteiger partial charge in [-0.2, -0.15) is 0 Å². The van der Waals surface area contributed by atoms with Crippen LogP contribution in [0.25, 0.3) is 0 Å². The van der Waals surface area contributed by atoms with E-state index >= 15 is 0 Å². The van der Waals surface area contributed by atoms with E-state index in [9.17, 15) is 19.2 Å². The number of nitrogens with zero attached hydrogens (tertiary/aromatic N) is 3. The third kappa shape index (κ3) is 3.15. The number of hydrogen-bond acceptors (Lipinski definition) is 8. The van der Waals surface area contributed by atoms with Crippen molar-refractivity contribution in [2.45, 2.75) is 19.9 Å². The zero-order valence-corrected chi connectivity index (χ0v) is 13.0. The van der Waals surface area contributed by atoms with Crippen molar-refractivity contribution in [1.82, 2.24) is 15.1 Å². The van der Waals surface area contributed by atoms with Crippen LogP contribution >= 0.6 is 0 Å². The fraction of sp³-hybridized carbons (Fsp3) is 0.538. The van der Waals surface area contributed by atoms with E-state index in [-0.39, 0.29) is 17.8 Å². The Morgan fingerprint density at radius 2 is 2.00 bits per heavy atom. The smallest absolute Gasteiger partial charge is 0.332 e. The molecule has 0 saturated carbocycles. The van der Waals surface area contributed by atoms with Crippen LogP contribution in [0.15, 0.2) is 11.3 Å². The number of esters is 1. The van der Waals surface area contributed by atoms with Crippen molar-refractivity contribution >= 4 is 23.9 Å². The molecule has 1 atom stereocenters. The minimum absolute atomic E-state index is 0.140. The Balaban J connectivity index is 3.44. The maximum atomic E-state index is 12.3. The van der Waals surface area contributed by atoms with Crippen LogP contribution in [0, 0.1) is 0 Å². The third-order valence-electron chi connectivity index (χ3n) is 3.11. The number of carbonyl (C=O) groups is 4. The number of amides is 1. The van der Waals surface area contributed by atoms with Gasteiger partial charge in [-0.1, -0.05) is 0 Å². The summed E-state index contributed by atoms with van der Waals surface area (Å²) in [7, 11) is 3.21. The van der Waals surface area contributed by atoms with E-state index in [4.69, 9.17) is 10.5 Å². The van der Waals surface area contributed by atoms with Crippen molar-refractivity contribution in [3.63, 3.8) is 0 Å². The van der Waals surface area contributed by atoms with Gasteiger partial charge in [-0.15, -0.1) is 5.12 Å². The summed E-state index contributed by atoms with van der Waals surface area (Å²) < 4.78 is 4.81. The maximum Gasteiger partial charge on any atom is 0.332 e. The molecule has 1 aliphatic rings. The number of carbonyl (C=O) groups excluding carboxylic acids is 4. The van der Waals surface area contributed by atoms with Crippen LogP contribution in [0.2, 0.25) is 0 Å². The summed E-state index contributed by atoms with van der Waals surface area (Å²) in [6.07, 6.45) is 0.421. The van der Waals surface area contributed by atoms with Gasteiger partial charge in [-0.3, -0.25) is 19.4 Å². The van der Waals surface area contributed by atoms with Gasteiger partial charge in [0.2, 0.25) is 0 Å². The third-order valence-corrected chi connectivity index (χ3v) is 3.11. The van der Waals surface area contributed by atoms with Crippen molar-refractivity contribution in [1.29, 1.82) is 0 Å². The molecule has 122 valence electrons. The minimum Gasteiger partial charge on any atom is -0.456 e. The van der Waals surface area contributed by atoms with Gasteiger partial charge < -0.3 is 10.5 Å². The van der Waals surface area contributed by atoms with E-state index in [0.29, 0.717) is 6.29 Å². The molecule has 22 heavy (non-hydrogen) atoms. The van der Waals surface area contributed by atoms with Crippen LogP contribution in [-0.4, -0.2) is 72.4 Å². The molecule has 0 aromatic rings. The highest BCUT2D eigenvalue weighted by Gasteiger charge is 2.46. The number of rotatable bonds is 6. The van der Waals surface area contributed by atoms with Crippen LogP contribution < -0.4 is 5.73 Å². The second kappa shape index (κ2) is 7.14. The quantitative estimate of drug-likeness (QED) is 0.463. The first-order valence-corrected chi connectivity index (χ1v) is 6.66. The maximum absolute atomic E-state index is 12.3. The molecule has 0 radical (unpaired) electrons. The molecular formula is C13H20N4O5. The molecule has 2 N–H and O–H groups in total. The van der Waals surface area contributed by atoms with Gasteiger partial charge >= 0.3 is 5.97 Å². The molecule has 1 heterocycles. The van der Waals surface area contributed by atoms with Crippen molar-refractivity contribution in [2.24, 2.45) is 5.73 Å². The molecule has 1 rings (SSSR count). The molecule has 9 nitrogen and oxygen atoms in total. The first kappa shape index (κ1) is 17.8. The fourth-order valence-electron chi connectivity index (χ4n) is 2.27. The highest BCUT2D eigenvalue weighted by Crippen LogP contribution is 2.25. The molecule has 0 spiro atoms. The molecular weight excluding hydrogens is 292 g/mol. The first-order valence-electron chi connectivity index (χ1n) is 6.66. The van der Waals surface area contributed by atoms with Gasteiger partial charge in [-0.25, -0.2) is 9.80 Å². The van der Waals surface area contributed by atoms with Gasteiger partial charge in [0, 0.05) is 20.6 Å². The SMILES string of the molecule is CCN1C(=O)C(N)=C(C(C)=O)C(C(=O)OCC=O)N1N(C)C. The van der Waals surface area contributed by atoms with Gasteiger partial charge in [0.25, 0.3) is 5.91 Å². The van der Waals surface area contributed by atoms with Crippen molar-refractivity contribution in [2.75, 3.05) is 27.2 Å². The Hall–Kier alpha value is -2.26. The van der Waals surface area contributed by atoms with Crippen LogP contribution in [0.5, 0.6) is 0 Å². The second-order valence-electron chi connectivity index (χ2n) is 4.77. The van der Waals surface area contributed by atoms with E-state index in [2.05, 4.69) is 0 Å². The first-order chi connectivity index (χ1) is 10.3. The molecule has 0 saturated heterocycles. The predicted molar refractivity (Wildman–Crippen MR) is 75.6 cm³/mol. The average Bonchev–Trinajstić information content (AvgIpc) is 2.45. The normalized spacial score (nSPS) is 19.6. The summed E-state index contributed by atoms with van der Waals surface area (Å²) in [5, 5.41) is 4.00. The Bertz CT molecular complexity index is 529. The van der Waals surface area contributed by atoms with Gasteiger partial charge in [0.05, 0.1) is 5.57 Å². The van der Waals surface area contributed by atoms with E-state index < -0.39 is 30.3 Å². The molecule has 1 aliphatic heterocycles. The summed E-state index contributed by atoms with van der Waals surface area (Å²) in [5.41, 5.74) is 5.32. The molecule has 1 amide bonds. The van der Waals surface area contributed by atoms with Gasteiger partial charge in [0.1, 0.15) is 12.3 Å². The highest BCUT2D eigenvalue weighted by molar-refractivity contribution is 6.09. The number of ketones is 1. The number of Topliss-reactive ketones (excluding diaryl/α,β-unsaturated/α-hetero) is 1. The topological polar surface area (TPSA) is 113 Å². The van der Waals surface area contributed by atoms with E-state index in [1.54, 1.807) is 21.0 Å². The summed E-state index contributed by atoms with van der Waals surface area (Å²) in [6, 6.07) is -1.22. The molecule has 0 aromatic heterocycles. The number of hydrogen-bond donors (Lipinski definition) is 1. The van der Waals surface area contributed by atoms with Crippen molar-refractivity contribution in [3.05, 3.63) is 11.3 Å². The Morgan fingerprint density at radius 1 is 1.41 bits per heavy atom. The molecule has 9 heteroatoms. The summed E-state index contributed by atoms with van der Waals surface area (Å²) in [5.74, 6) is -1.91. The van der Waals surface area contributed by atoms with Gasteiger partial charge in [-0.05, 0) is 13.8 Å². The standard InChI is InChI=1S/C13H20N4O5/c1-5-16-12(20)10(14)9(8(2)19)11(17(16)15(3)4)13(21)22-7-6-18/h6,11H,5,7,14H2,1-4H3. The molecule has 0 aromatic carbocycles. The van der Waals surface area contributed by atoms with E-state index in [1.807, 2.05) is 0 Å². The lowest BCUT2D eigenvalue weighted by molar-refractivity contribution is -0.205. The van der Waals surface area contributed by atoms with Crippen molar-refractivity contribution in [3.8, 4) is 0 Å². The van der Waals surface area contributed by atoms with Crippen LogP contribution in [0.3, 0.4) is 0 Å². The van der Waals surface area contributed by atoms with Crippen LogP contribution in [0.1, 0.15) is 13.8 Å². The minimum atomic E-state index is -1.22. The highest BCUT2D eigenvalue weighted by atomic mass is 16.5. The summed E-state index contributed by atoms with van der Waals surface area (Å²) >= 11 is 0. The number of aldehydes is 1. The zero-order valence-electron chi connectivity index (χ0n) is 13.0. The van der Waals surface area contributed by atoms with E-state index in [1.165, 1.54) is 22.1 Å². The van der Waals surface area contributed by atoms with Crippen LogP contribution in [0.4, 0.5) is 0 Å². The Morgan fingerprint density at radius 3 is 2.41 bits per heavy atom. The molecule has 0 fully saturated rings. The molecule has 0 aliphatic carbocycles. The monoisotopic (exact) mass is 312 g/mol. The van der Waals surface area contributed by atoms with Crippen molar-refractivity contribution < 1.29 is 23.9 Å². The number of nitrogens with two attached hydrogens (primary N) is 1. The Kier molecular flexibility index (Phi) is 5.77. The largest absolute Gasteiger partial charge is 0.456 e. The zero-order chi connectivity index (χ0) is 17.0. The lowest BCUT2D eigenvalue weighted by Crippen LogP contribution is -2.65. The number of ether oxygens (including phenoxy) is 1. The number of hydrazine groups is 2. The lowest BCUT2D eigenvalue weighted by Gasteiger charge is -2.45. The molecule has 1 unspecified atom stereocenters. The van der Waals surface area contributed by atoms with Crippen LogP contribution in [-0.2, 0) is 23.9 Å². The Labute approximate surface area is 128 Å². The average molecular weight is 312 g/mol. The van der Waals surface area contributed by atoms with Gasteiger partial charge in [0.15, 0.2) is 18.1 Å². The fourth-order valence-corrected chi connectivity index (χ4v) is 2.27.